The van der Waals surface area contributed by atoms with E-state index in [1.807, 2.05) is 17.8 Å². The van der Waals surface area contributed by atoms with Crippen LogP contribution < -0.4 is 0 Å². The van der Waals surface area contributed by atoms with Gasteiger partial charge in [-0.3, -0.25) is 9.48 Å². The van der Waals surface area contributed by atoms with Gasteiger partial charge < -0.3 is 0 Å². The molecule has 1 heterocycles. The first kappa shape index (κ1) is 14.5. The standard InChI is InChI=1S/C17H22N2O/c1-5-15-10-16(19(4)18-15)11-17(20)9-14-8-12(2)6-7-13(14)3/h6-8,10H,5,9,11H2,1-4H3. The molecule has 0 fully saturated rings. The zero-order valence-corrected chi connectivity index (χ0v) is 12.7. The largest absolute Gasteiger partial charge is 0.299 e. The summed E-state index contributed by atoms with van der Waals surface area (Å²) in [5.41, 5.74) is 5.56. The van der Waals surface area contributed by atoms with Crippen LogP contribution in [-0.2, 0) is 31.1 Å². The van der Waals surface area contributed by atoms with Gasteiger partial charge in [0.25, 0.3) is 0 Å². The highest BCUT2D eigenvalue weighted by Crippen LogP contribution is 2.13. The lowest BCUT2D eigenvalue weighted by Gasteiger charge is -2.07. The molecule has 0 aliphatic carbocycles. The SMILES string of the molecule is CCc1cc(CC(=O)Cc2cc(C)ccc2C)n(C)n1. The predicted molar refractivity (Wildman–Crippen MR) is 80.9 cm³/mol. The summed E-state index contributed by atoms with van der Waals surface area (Å²) < 4.78 is 1.82. The summed E-state index contributed by atoms with van der Waals surface area (Å²) >= 11 is 0. The number of ketones is 1. The Morgan fingerprint density at radius 3 is 2.60 bits per heavy atom. The average molecular weight is 270 g/mol. The van der Waals surface area contributed by atoms with Crippen molar-refractivity contribution in [2.24, 2.45) is 7.05 Å². The number of nitrogens with zero attached hydrogens (tertiary/aromatic N) is 2. The zero-order valence-electron chi connectivity index (χ0n) is 12.7. The lowest BCUT2D eigenvalue weighted by atomic mass is 9.99. The van der Waals surface area contributed by atoms with Crippen molar-refractivity contribution in [3.8, 4) is 0 Å². The normalized spacial score (nSPS) is 10.8. The van der Waals surface area contributed by atoms with Crippen LogP contribution >= 0.6 is 0 Å². The van der Waals surface area contributed by atoms with Crippen molar-refractivity contribution < 1.29 is 4.79 Å². The minimum Gasteiger partial charge on any atom is -0.299 e. The molecule has 2 aromatic rings. The van der Waals surface area contributed by atoms with Crippen LogP contribution in [-0.4, -0.2) is 15.6 Å². The van der Waals surface area contributed by atoms with Crippen LogP contribution in [0.2, 0.25) is 0 Å². The maximum Gasteiger partial charge on any atom is 0.143 e. The summed E-state index contributed by atoms with van der Waals surface area (Å²) in [7, 11) is 1.90. The highest BCUT2D eigenvalue weighted by Gasteiger charge is 2.11. The molecule has 0 unspecified atom stereocenters. The molecule has 0 N–H and O–H groups in total. The van der Waals surface area contributed by atoms with Gasteiger partial charge in [0.2, 0.25) is 0 Å². The Bertz CT molecular complexity index is 626. The second-order valence-electron chi connectivity index (χ2n) is 5.43. The summed E-state index contributed by atoms with van der Waals surface area (Å²) in [6, 6.07) is 8.30. The first-order chi connectivity index (χ1) is 9.49. The number of rotatable bonds is 5. The second kappa shape index (κ2) is 6.04. The Morgan fingerprint density at radius 2 is 1.95 bits per heavy atom. The van der Waals surface area contributed by atoms with Gasteiger partial charge in [0.15, 0.2) is 0 Å². The van der Waals surface area contributed by atoms with E-state index in [0.717, 1.165) is 23.4 Å². The number of aromatic nitrogens is 2. The van der Waals surface area contributed by atoms with Gasteiger partial charge in [-0.2, -0.15) is 5.10 Å². The van der Waals surface area contributed by atoms with Gasteiger partial charge in [0, 0.05) is 25.6 Å². The van der Waals surface area contributed by atoms with Gasteiger partial charge in [-0.15, -0.1) is 0 Å². The number of benzene rings is 1. The molecule has 0 aliphatic rings. The van der Waals surface area contributed by atoms with Crippen molar-refractivity contribution in [1.29, 1.82) is 0 Å². The Balaban J connectivity index is 2.08. The van der Waals surface area contributed by atoms with Gasteiger partial charge in [-0.25, -0.2) is 0 Å². The minimum atomic E-state index is 0.240. The third kappa shape index (κ3) is 3.35. The molecule has 0 radical (unpaired) electrons. The van der Waals surface area contributed by atoms with Gasteiger partial charge >= 0.3 is 0 Å². The van der Waals surface area contributed by atoms with E-state index >= 15 is 0 Å². The highest BCUT2D eigenvalue weighted by atomic mass is 16.1. The summed E-state index contributed by atoms with van der Waals surface area (Å²) in [4.78, 5) is 12.3. The molecule has 106 valence electrons. The highest BCUT2D eigenvalue weighted by molar-refractivity contribution is 5.83. The molecule has 0 saturated heterocycles. The molecule has 0 bridgehead atoms. The number of hydrogen-bond acceptors (Lipinski definition) is 2. The van der Waals surface area contributed by atoms with Gasteiger partial charge in [0.05, 0.1) is 5.69 Å². The molecular weight excluding hydrogens is 248 g/mol. The van der Waals surface area contributed by atoms with E-state index in [4.69, 9.17) is 0 Å². The number of hydrogen-bond donors (Lipinski definition) is 0. The van der Waals surface area contributed by atoms with Crippen LogP contribution in [0.5, 0.6) is 0 Å². The average Bonchev–Trinajstić information content (AvgIpc) is 2.74. The molecule has 0 atom stereocenters. The summed E-state index contributed by atoms with van der Waals surface area (Å²) in [5.74, 6) is 0.240. The predicted octanol–water partition coefficient (Wildman–Crippen LogP) is 2.95. The molecule has 0 spiro atoms. The van der Waals surface area contributed by atoms with Gasteiger partial charge in [0.1, 0.15) is 5.78 Å². The van der Waals surface area contributed by atoms with E-state index in [0.29, 0.717) is 12.8 Å². The minimum absolute atomic E-state index is 0.240. The van der Waals surface area contributed by atoms with Crippen molar-refractivity contribution in [2.45, 2.75) is 40.0 Å². The zero-order chi connectivity index (χ0) is 14.7. The lowest BCUT2D eigenvalue weighted by Crippen LogP contribution is -2.10. The van der Waals surface area contributed by atoms with Crippen molar-refractivity contribution in [2.75, 3.05) is 0 Å². The van der Waals surface area contributed by atoms with Crippen LogP contribution in [0.1, 0.15) is 35.0 Å². The molecule has 0 aliphatic heterocycles. The smallest absolute Gasteiger partial charge is 0.143 e. The molecule has 0 amide bonds. The molecule has 3 heteroatoms. The molecule has 0 saturated carbocycles. The van der Waals surface area contributed by atoms with Crippen molar-refractivity contribution in [1.82, 2.24) is 9.78 Å². The number of carbonyl (C=O) groups excluding carboxylic acids is 1. The van der Waals surface area contributed by atoms with Crippen LogP contribution in [0.15, 0.2) is 24.3 Å². The van der Waals surface area contributed by atoms with Crippen molar-refractivity contribution in [3.63, 3.8) is 0 Å². The topological polar surface area (TPSA) is 34.9 Å². The molecule has 20 heavy (non-hydrogen) atoms. The third-order valence-electron chi connectivity index (χ3n) is 3.66. The molecule has 1 aromatic carbocycles. The molecule has 1 aromatic heterocycles. The van der Waals surface area contributed by atoms with Gasteiger partial charge in [-0.1, -0.05) is 30.7 Å². The van der Waals surface area contributed by atoms with Crippen molar-refractivity contribution >= 4 is 5.78 Å². The summed E-state index contributed by atoms with van der Waals surface area (Å²) in [5, 5.41) is 4.39. The van der Waals surface area contributed by atoms with Crippen LogP contribution in [0, 0.1) is 13.8 Å². The van der Waals surface area contributed by atoms with E-state index < -0.39 is 0 Å². The Morgan fingerprint density at radius 1 is 1.20 bits per heavy atom. The Kier molecular flexibility index (Phi) is 4.38. The first-order valence-corrected chi connectivity index (χ1v) is 7.09. The maximum absolute atomic E-state index is 12.3. The van der Waals surface area contributed by atoms with Gasteiger partial charge in [-0.05, 0) is 37.5 Å². The second-order valence-corrected chi connectivity index (χ2v) is 5.43. The van der Waals surface area contributed by atoms with E-state index in [-0.39, 0.29) is 5.78 Å². The molecule has 2 rings (SSSR count). The van der Waals surface area contributed by atoms with Crippen molar-refractivity contribution in [3.05, 3.63) is 52.3 Å². The third-order valence-corrected chi connectivity index (χ3v) is 3.66. The fraction of sp³-hybridized carbons (Fsp3) is 0.412. The number of aryl methyl sites for hydroxylation is 4. The number of carbonyl (C=O) groups is 1. The van der Waals surface area contributed by atoms with Crippen LogP contribution in [0.3, 0.4) is 0 Å². The van der Waals surface area contributed by atoms with E-state index in [1.165, 1.54) is 11.1 Å². The summed E-state index contributed by atoms with van der Waals surface area (Å²) in [6.45, 7) is 6.19. The Labute approximate surface area is 120 Å². The van der Waals surface area contributed by atoms with Crippen LogP contribution in [0.4, 0.5) is 0 Å². The fourth-order valence-electron chi connectivity index (χ4n) is 2.38. The fourth-order valence-corrected chi connectivity index (χ4v) is 2.38. The Hall–Kier alpha value is -1.90. The van der Waals surface area contributed by atoms with E-state index in [9.17, 15) is 4.79 Å². The number of Topliss-reactive ketones (excluding diaryl/α,β-unsaturated/α-hetero) is 1. The van der Waals surface area contributed by atoms with Crippen LogP contribution in [0.25, 0.3) is 0 Å². The monoisotopic (exact) mass is 270 g/mol. The molecular formula is C17H22N2O. The van der Waals surface area contributed by atoms with E-state index in [1.54, 1.807) is 0 Å². The summed E-state index contributed by atoms with van der Waals surface area (Å²) in [6.07, 6.45) is 1.86. The molecule has 3 nitrogen and oxygen atoms in total. The quantitative estimate of drug-likeness (QED) is 0.837. The van der Waals surface area contributed by atoms with E-state index in [2.05, 4.69) is 44.1 Å². The maximum atomic E-state index is 12.3. The lowest BCUT2D eigenvalue weighted by molar-refractivity contribution is -0.117. The first-order valence-electron chi connectivity index (χ1n) is 7.09.